The Morgan fingerprint density at radius 2 is 2.36 bits per heavy atom. The molecule has 0 aromatic heterocycles. The van der Waals surface area contributed by atoms with E-state index in [4.69, 9.17) is 0 Å². The maximum absolute atomic E-state index is 10.6. The number of hydrogen-bond donors (Lipinski definition) is 2. The lowest BCUT2D eigenvalue weighted by atomic mass is 10.2. The van der Waals surface area contributed by atoms with E-state index in [2.05, 4.69) is 10.0 Å². The van der Waals surface area contributed by atoms with Gasteiger partial charge in [0.05, 0.1) is 6.26 Å². The van der Waals surface area contributed by atoms with Crippen LogP contribution < -0.4 is 10.0 Å². The van der Waals surface area contributed by atoms with E-state index in [9.17, 15) is 8.42 Å². The Bertz CT molecular complexity index is 207. The Morgan fingerprint density at radius 3 is 2.82 bits per heavy atom. The molecule has 0 amide bonds. The molecule has 0 aromatic rings. The second kappa shape index (κ2) is 3.51. The molecule has 0 aromatic carbocycles. The van der Waals surface area contributed by atoms with Crippen molar-refractivity contribution in [1.82, 2.24) is 10.0 Å². The highest BCUT2D eigenvalue weighted by Crippen LogP contribution is 2.03. The van der Waals surface area contributed by atoms with Gasteiger partial charge in [-0.05, 0) is 19.4 Å². The van der Waals surface area contributed by atoms with E-state index in [1.807, 2.05) is 0 Å². The van der Waals surface area contributed by atoms with Crippen LogP contribution >= 0.6 is 0 Å². The summed E-state index contributed by atoms with van der Waals surface area (Å²) in [5, 5.41) is 3.20. The van der Waals surface area contributed by atoms with Gasteiger partial charge in [-0.2, -0.15) is 0 Å². The minimum Gasteiger partial charge on any atom is -0.313 e. The van der Waals surface area contributed by atoms with Crippen molar-refractivity contribution in [2.24, 2.45) is 0 Å². The van der Waals surface area contributed by atoms with Crippen molar-refractivity contribution in [3.8, 4) is 0 Å². The third-order valence-corrected chi connectivity index (χ3v) is 2.45. The second-order valence-corrected chi connectivity index (χ2v) is 4.75. The lowest BCUT2D eigenvalue weighted by molar-refractivity contribution is 0.556. The predicted octanol–water partition coefficient (Wildman–Crippen LogP) is -0.712. The van der Waals surface area contributed by atoms with E-state index in [-0.39, 0.29) is 0 Å². The second-order valence-electron chi connectivity index (χ2n) is 2.91. The largest absolute Gasteiger partial charge is 0.313 e. The molecule has 0 saturated carbocycles. The summed E-state index contributed by atoms with van der Waals surface area (Å²) >= 11 is 0. The molecule has 1 aliphatic rings. The Morgan fingerprint density at radius 1 is 1.64 bits per heavy atom. The molecule has 4 nitrogen and oxygen atoms in total. The van der Waals surface area contributed by atoms with Crippen LogP contribution in [-0.2, 0) is 10.0 Å². The molecule has 0 radical (unpaired) electrons. The SMILES string of the molecule is CS(=O)(=O)NC[C@@H]1CCCN1. The van der Waals surface area contributed by atoms with Crippen LogP contribution in [0.3, 0.4) is 0 Å². The van der Waals surface area contributed by atoms with E-state index in [0.29, 0.717) is 12.6 Å². The summed E-state index contributed by atoms with van der Waals surface area (Å²) in [6, 6.07) is 0.338. The van der Waals surface area contributed by atoms with Crippen LogP contribution in [0.25, 0.3) is 0 Å². The van der Waals surface area contributed by atoms with E-state index in [1.165, 1.54) is 6.26 Å². The molecular weight excluding hydrogens is 164 g/mol. The summed E-state index contributed by atoms with van der Waals surface area (Å²) in [5.41, 5.74) is 0. The molecule has 11 heavy (non-hydrogen) atoms. The number of sulfonamides is 1. The first-order valence-electron chi connectivity index (χ1n) is 3.76. The van der Waals surface area contributed by atoms with Gasteiger partial charge in [0.1, 0.15) is 0 Å². The highest BCUT2D eigenvalue weighted by atomic mass is 32.2. The zero-order chi connectivity index (χ0) is 8.32. The summed E-state index contributed by atoms with van der Waals surface area (Å²) in [5.74, 6) is 0. The smallest absolute Gasteiger partial charge is 0.208 e. The summed E-state index contributed by atoms with van der Waals surface area (Å²) < 4.78 is 23.8. The molecule has 1 saturated heterocycles. The zero-order valence-electron chi connectivity index (χ0n) is 6.63. The van der Waals surface area contributed by atoms with Crippen molar-refractivity contribution in [2.45, 2.75) is 18.9 Å². The Labute approximate surface area is 67.4 Å². The van der Waals surface area contributed by atoms with Crippen LogP contribution in [-0.4, -0.2) is 33.8 Å². The van der Waals surface area contributed by atoms with Gasteiger partial charge in [0.2, 0.25) is 10.0 Å². The van der Waals surface area contributed by atoms with E-state index < -0.39 is 10.0 Å². The van der Waals surface area contributed by atoms with E-state index >= 15 is 0 Å². The first kappa shape index (κ1) is 8.96. The van der Waals surface area contributed by atoms with E-state index in [0.717, 1.165) is 19.4 Å². The fraction of sp³-hybridized carbons (Fsp3) is 1.00. The molecule has 2 N–H and O–H groups in total. The average molecular weight is 178 g/mol. The lowest BCUT2D eigenvalue weighted by Gasteiger charge is -2.09. The van der Waals surface area contributed by atoms with Crippen LogP contribution in [0.2, 0.25) is 0 Å². The zero-order valence-corrected chi connectivity index (χ0v) is 7.45. The van der Waals surface area contributed by atoms with Crippen molar-refractivity contribution in [3.63, 3.8) is 0 Å². The first-order chi connectivity index (χ1) is 5.08. The van der Waals surface area contributed by atoms with Crippen molar-refractivity contribution in [3.05, 3.63) is 0 Å². The predicted molar refractivity (Wildman–Crippen MR) is 43.9 cm³/mol. The summed E-state index contributed by atoms with van der Waals surface area (Å²) in [7, 11) is -3.00. The molecule has 0 bridgehead atoms. The molecule has 0 spiro atoms. The minimum atomic E-state index is -3.00. The third kappa shape index (κ3) is 3.69. The molecule has 66 valence electrons. The van der Waals surface area contributed by atoms with Crippen LogP contribution in [0.5, 0.6) is 0 Å². The Hall–Kier alpha value is -0.130. The van der Waals surface area contributed by atoms with Gasteiger partial charge >= 0.3 is 0 Å². The number of nitrogens with one attached hydrogen (secondary N) is 2. The van der Waals surface area contributed by atoms with Crippen molar-refractivity contribution < 1.29 is 8.42 Å². The Kier molecular flexibility index (Phi) is 2.86. The molecule has 0 unspecified atom stereocenters. The van der Waals surface area contributed by atoms with Gasteiger partial charge in [0.25, 0.3) is 0 Å². The van der Waals surface area contributed by atoms with Crippen LogP contribution in [0, 0.1) is 0 Å². The van der Waals surface area contributed by atoms with Gasteiger partial charge in [-0.3, -0.25) is 0 Å². The van der Waals surface area contributed by atoms with Gasteiger partial charge in [-0.1, -0.05) is 0 Å². The van der Waals surface area contributed by atoms with Gasteiger partial charge in [0.15, 0.2) is 0 Å². The third-order valence-electron chi connectivity index (χ3n) is 1.75. The fourth-order valence-corrected chi connectivity index (χ4v) is 1.69. The quantitative estimate of drug-likeness (QED) is 0.600. The Balaban J connectivity index is 2.22. The monoisotopic (exact) mass is 178 g/mol. The molecule has 1 fully saturated rings. The summed E-state index contributed by atoms with van der Waals surface area (Å²) in [6.07, 6.45) is 3.40. The van der Waals surface area contributed by atoms with Crippen LogP contribution in [0.4, 0.5) is 0 Å². The van der Waals surface area contributed by atoms with Crippen LogP contribution in [0.1, 0.15) is 12.8 Å². The van der Waals surface area contributed by atoms with Gasteiger partial charge in [0, 0.05) is 12.6 Å². The molecule has 1 heterocycles. The van der Waals surface area contributed by atoms with Gasteiger partial charge < -0.3 is 5.32 Å². The first-order valence-corrected chi connectivity index (χ1v) is 5.65. The average Bonchev–Trinajstić information content (AvgIpc) is 2.32. The number of rotatable bonds is 3. The summed E-state index contributed by atoms with van der Waals surface area (Å²) in [6.45, 7) is 1.54. The van der Waals surface area contributed by atoms with Crippen LogP contribution in [0.15, 0.2) is 0 Å². The maximum atomic E-state index is 10.6. The van der Waals surface area contributed by atoms with Crippen molar-refractivity contribution in [1.29, 1.82) is 0 Å². The normalized spacial score (nSPS) is 25.7. The maximum Gasteiger partial charge on any atom is 0.208 e. The molecule has 1 atom stereocenters. The highest BCUT2D eigenvalue weighted by Gasteiger charge is 2.14. The fourth-order valence-electron chi connectivity index (χ4n) is 1.18. The molecule has 0 aliphatic carbocycles. The standard InChI is InChI=1S/C6H14N2O2S/c1-11(9,10)8-5-6-3-2-4-7-6/h6-8H,2-5H2,1H3/t6-/m0/s1. The summed E-state index contributed by atoms with van der Waals surface area (Å²) in [4.78, 5) is 0. The highest BCUT2D eigenvalue weighted by molar-refractivity contribution is 7.88. The lowest BCUT2D eigenvalue weighted by Crippen LogP contribution is -2.36. The molecule has 5 heteroatoms. The molecule has 1 rings (SSSR count). The topological polar surface area (TPSA) is 58.2 Å². The number of hydrogen-bond acceptors (Lipinski definition) is 3. The molecular formula is C6H14N2O2S. The van der Waals surface area contributed by atoms with Crippen molar-refractivity contribution in [2.75, 3.05) is 19.3 Å². The minimum absolute atomic E-state index is 0.338. The molecule has 1 aliphatic heterocycles. The van der Waals surface area contributed by atoms with Gasteiger partial charge in [-0.25, -0.2) is 13.1 Å². The van der Waals surface area contributed by atoms with E-state index in [1.54, 1.807) is 0 Å². The van der Waals surface area contributed by atoms with Crippen molar-refractivity contribution >= 4 is 10.0 Å². The van der Waals surface area contributed by atoms with Gasteiger partial charge in [-0.15, -0.1) is 0 Å².